The highest BCUT2D eigenvalue weighted by Gasteiger charge is 2.45. The minimum atomic E-state index is -1.59. The highest BCUT2D eigenvalue weighted by Crippen LogP contribution is 2.24. The van der Waals surface area contributed by atoms with E-state index in [0.717, 1.165) is 0 Å². The van der Waals surface area contributed by atoms with Crippen LogP contribution in [0, 0.1) is 0 Å². The predicted molar refractivity (Wildman–Crippen MR) is 176 cm³/mol. The molecule has 2 fully saturated rings. The molecule has 0 saturated carbocycles. The normalized spacial score (nSPS) is 30.9. The van der Waals surface area contributed by atoms with Crippen molar-refractivity contribution in [2.24, 2.45) is 0 Å². The SMILES string of the molecule is O=C(CCCS)NCCN(CCNC(=O)C[C@@H]1O[C@H](CO)[C@H](O)[C@H](O)[C@H]1O)CCNC(=O)C[C@@H]1O[C@H](CO)[C@H](O)[C@H](O)[C@H]1O.S.S. The molecule has 0 unspecified atom stereocenters. The van der Waals surface area contributed by atoms with E-state index in [0.29, 0.717) is 44.8 Å². The van der Waals surface area contributed by atoms with Gasteiger partial charge in [0.15, 0.2) is 0 Å². The first kappa shape index (κ1) is 45.0. The zero-order valence-corrected chi connectivity index (χ0v) is 28.4. The summed E-state index contributed by atoms with van der Waals surface area (Å²) < 4.78 is 10.7. The van der Waals surface area contributed by atoms with Crippen molar-refractivity contribution in [3.63, 3.8) is 0 Å². The molecule has 0 spiro atoms. The van der Waals surface area contributed by atoms with Gasteiger partial charge in [0.1, 0.15) is 48.8 Å². The third-order valence-electron chi connectivity index (χ3n) is 7.57. The molecule has 2 heterocycles. The van der Waals surface area contributed by atoms with E-state index in [2.05, 4.69) is 28.6 Å². The Labute approximate surface area is 287 Å². The molecule has 0 aromatic rings. The van der Waals surface area contributed by atoms with Gasteiger partial charge in [0.25, 0.3) is 0 Å². The van der Waals surface area contributed by atoms with Crippen LogP contribution >= 0.6 is 39.6 Å². The summed E-state index contributed by atoms with van der Waals surface area (Å²) in [5, 5.41) is 86.7. The van der Waals surface area contributed by atoms with E-state index in [9.17, 15) is 55.2 Å². The van der Waals surface area contributed by atoms with Crippen molar-refractivity contribution >= 4 is 57.3 Å². The molecule has 0 aromatic heterocycles. The number of carbonyl (C=O) groups excluding carboxylic acids is 3. The lowest BCUT2D eigenvalue weighted by molar-refractivity contribution is -0.229. The van der Waals surface area contributed by atoms with Crippen LogP contribution in [0.5, 0.6) is 0 Å². The number of amides is 3. The van der Waals surface area contributed by atoms with Crippen molar-refractivity contribution in [2.75, 3.05) is 58.2 Å². The van der Waals surface area contributed by atoms with Gasteiger partial charge in [-0.05, 0) is 12.2 Å². The van der Waals surface area contributed by atoms with E-state index >= 15 is 0 Å². The third-order valence-corrected chi connectivity index (χ3v) is 7.88. The second-order valence-electron chi connectivity index (χ2n) is 10.9. The maximum atomic E-state index is 12.5. The zero-order valence-electron chi connectivity index (χ0n) is 25.5. The summed E-state index contributed by atoms with van der Waals surface area (Å²) in [6.07, 6.45) is -13.6. The molecule has 20 heteroatoms. The maximum absolute atomic E-state index is 12.5. The number of aliphatic hydroxyl groups is 8. The average molecular weight is 725 g/mol. The molecule has 11 N–H and O–H groups in total. The van der Waals surface area contributed by atoms with Crippen molar-refractivity contribution in [1.82, 2.24) is 20.9 Å². The van der Waals surface area contributed by atoms with Gasteiger partial charge in [0, 0.05) is 45.7 Å². The van der Waals surface area contributed by atoms with Crippen molar-refractivity contribution in [3.8, 4) is 0 Å². The number of nitrogens with one attached hydrogen (secondary N) is 3. The zero-order chi connectivity index (χ0) is 32.8. The second-order valence-corrected chi connectivity index (χ2v) is 11.3. The first-order valence-corrected chi connectivity index (χ1v) is 15.3. The molecule has 17 nitrogen and oxygen atoms in total. The summed E-state index contributed by atoms with van der Waals surface area (Å²) >= 11 is 4.09. The Kier molecular flexibility index (Phi) is 22.9. The number of nitrogens with zero attached hydrogens (tertiary/aromatic N) is 1. The fourth-order valence-corrected chi connectivity index (χ4v) is 5.09. The van der Waals surface area contributed by atoms with Gasteiger partial charge in [0.2, 0.25) is 17.7 Å². The minimum Gasteiger partial charge on any atom is -0.394 e. The highest BCUT2D eigenvalue weighted by molar-refractivity contribution is 7.80. The molecule has 2 rings (SSSR count). The average Bonchev–Trinajstić information content (AvgIpc) is 3.00. The van der Waals surface area contributed by atoms with Gasteiger partial charge in [-0.25, -0.2) is 0 Å². The Bertz CT molecular complexity index is 842. The first-order valence-electron chi connectivity index (χ1n) is 14.7. The third kappa shape index (κ3) is 14.2. The Morgan fingerprint density at radius 1 is 0.587 bits per heavy atom. The molecule has 10 atom stereocenters. The lowest BCUT2D eigenvalue weighted by atomic mass is 9.93. The molecule has 2 aliphatic heterocycles. The van der Waals surface area contributed by atoms with Gasteiger partial charge in [-0.1, -0.05) is 0 Å². The van der Waals surface area contributed by atoms with Crippen LogP contribution in [0.25, 0.3) is 0 Å². The summed E-state index contributed by atoms with van der Waals surface area (Å²) in [4.78, 5) is 38.8. The van der Waals surface area contributed by atoms with Gasteiger partial charge in [-0.15, -0.1) is 0 Å². The van der Waals surface area contributed by atoms with Crippen molar-refractivity contribution < 1.29 is 64.7 Å². The van der Waals surface area contributed by atoms with Crippen LogP contribution in [0.2, 0.25) is 0 Å². The van der Waals surface area contributed by atoms with E-state index in [1.165, 1.54) is 0 Å². The molecule has 3 amide bonds. The van der Waals surface area contributed by atoms with Crippen molar-refractivity contribution in [3.05, 3.63) is 0 Å². The van der Waals surface area contributed by atoms with Crippen LogP contribution in [0.1, 0.15) is 25.7 Å². The number of thiol groups is 1. The molecule has 0 bridgehead atoms. The molecule has 0 aromatic carbocycles. The highest BCUT2D eigenvalue weighted by atomic mass is 32.1. The van der Waals surface area contributed by atoms with E-state index in [1.807, 2.05) is 4.90 Å². The van der Waals surface area contributed by atoms with Gasteiger partial charge >= 0.3 is 0 Å². The molecular weight excluding hydrogens is 673 g/mol. The summed E-state index contributed by atoms with van der Waals surface area (Å²) in [6.45, 7) is 0.335. The number of rotatable bonds is 18. The fourth-order valence-electron chi connectivity index (χ4n) is 4.93. The lowest BCUT2D eigenvalue weighted by Gasteiger charge is -2.39. The van der Waals surface area contributed by atoms with Crippen LogP contribution in [-0.2, 0) is 23.9 Å². The Morgan fingerprint density at radius 2 is 0.935 bits per heavy atom. The van der Waals surface area contributed by atoms with E-state index in [1.54, 1.807) is 0 Å². The molecule has 46 heavy (non-hydrogen) atoms. The molecular formula is C26H52N4O13S3. The summed E-state index contributed by atoms with van der Waals surface area (Å²) in [6, 6.07) is 0. The number of carbonyl (C=O) groups is 3. The molecule has 2 saturated heterocycles. The summed E-state index contributed by atoms with van der Waals surface area (Å²) in [5.41, 5.74) is 0. The molecule has 0 radical (unpaired) electrons. The van der Waals surface area contributed by atoms with Gasteiger partial charge in [0.05, 0.1) is 38.3 Å². The van der Waals surface area contributed by atoms with Gasteiger partial charge < -0.3 is 66.3 Å². The minimum absolute atomic E-state index is 0. The quantitative estimate of drug-likeness (QED) is 0.0588. The second kappa shape index (κ2) is 23.4. The Balaban J connectivity index is 0.0000101. The summed E-state index contributed by atoms with van der Waals surface area (Å²) in [5.74, 6) is -0.588. The Hall–Kier alpha value is -0.980. The fraction of sp³-hybridized carbons (Fsp3) is 0.885. The van der Waals surface area contributed by atoms with Crippen LogP contribution in [0.3, 0.4) is 0 Å². The van der Waals surface area contributed by atoms with Crippen LogP contribution in [-0.4, -0.2) is 183 Å². The molecule has 272 valence electrons. The molecule has 2 aliphatic rings. The monoisotopic (exact) mass is 724 g/mol. The summed E-state index contributed by atoms with van der Waals surface area (Å²) in [7, 11) is 0. The lowest BCUT2D eigenvalue weighted by Crippen LogP contribution is -2.59. The maximum Gasteiger partial charge on any atom is 0.222 e. The predicted octanol–water partition coefficient (Wildman–Crippen LogP) is -5.96. The van der Waals surface area contributed by atoms with Crippen LogP contribution in [0.15, 0.2) is 0 Å². The van der Waals surface area contributed by atoms with Gasteiger partial charge in [-0.3, -0.25) is 19.3 Å². The first-order chi connectivity index (χ1) is 20.9. The topological polar surface area (TPSA) is 271 Å². The van der Waals surface area contributed by atoms with E-state index in [4.69, 9.17) is 9.47 Å². The standard InChI is InChI=1S/C26H48N4O13S.2H2S/c31-12-16-23(38)25(40)21(36)14(42-16)10-19(34)28-4-7-30(6-3-27-18(33)2-1-9-44)8-5-29-20(35)11-15-22(37)26(41)24(39)17(13-32)43-15;;/h14-17,21-26,31-32,36-41,44H,1-13H2,(H,27,33)(H,28,34)(H,29,35);2*1H2/t14-,15-,16+,17+,21-,22-,23-,24-,25+,26+;;/m0../s1. The van der Waals surface area contributed by atoms with E-state index in [-0.39, 0.29) is 58.8 Å². The number of hydrogen-bond donors (Lipinski definition) is 12. The number of aliphatic hydroxyl groups excluding tert-OH is 8. The van der Waals surface area contributed by atoms with Crippen LogP contribution < -0.4 is 16.0 Å². The van der Waals surface area contributed by atoms with Gasteiger partial charge in [-0.2, -0.15) is 39.6 Å². The van der Waals surface area contributed by atoms with Crippen LogP contribution in [0.4, 0.5) is 0 Å². The molecule has 0 aliphatic carbocycles. The Morgan fingerprint density at radius 3 is 1.28 bits per heavy atom. The largest absolute Gasteiger partial charge is 0.394 e. The van der Waals surface area contributed by atoms with Crippen molar-refractivity contribution in [1.29, 1.82) is 0 Å². The van der Waals surface area contributed by atoms with E-state index < -0.39 is 86.1 Å². The smallest absolute Gasteiger partial charge is 0.222 e. The number of hydrogen-bond acceptors (Lipinski definition) is 15. The van der Waals surface area contributed by atoms with Crippen molar-refractivity contribution in [2.45, 2.75) is 86.7 Å². The number of ether oxygens (including phenoxy) is 2.